The topological polar surface area (TPSA) is 129 Å². The van der Waals surface area contributed by atoms with Gasteiger partial charge in [-0.3, -0.25) is 0 Å². The molecule has 3 aromatic rings. The maximum absolute atomic E-state index is 11.9. The average molecular weight is 491 g/mol. The molecule has 11 nitrogen and oxygen atoms in total. The van der Waals surface area contributed by atoms with Crippen LogP contribution in [-0.4, -0.2) is 76.6 Å². The number of carbonyl (C=O) groups excluding carboxylic acids is 1. The van der Waals surface area contributed by atoms with Gasteiger partial charge in [-0.1, -0.05) is 0 Å². The van der Waals surface area contributed by atoms with Crippen molar-refractivity contribution < 1.29 is 14.6 Å². The predicted octanol–water partition coefficient (Wildman–Crippen LogP) is 1.84. The van der Waals surface area contributed by atoms with E-state index in [1.54, 1.807) is 12.4 Å². The van der Waals surface area contributed by atoms with Crippen molar-refractivity contribution >= 4 is 23.5 Å². The minimum absolute atomic E-state index is 0.109. The third kappa shape index (κ3) is 5.21. The second-order valence-corrected chi connectivity index (χ2v) is 8.82. The van der Waals surface area contributed by atoms with Gasteiger partial charge in [-0.2, -0.15) is 0 Å². The van der Waals surface area contributed by atoms with Crippen LogP contribution in [0.15, 0.2) is 42.7 Å². The van der Waals surface area contributed by atoms with Crippen molar-refractivity contribution in [1.29, 1.82) is 0 Å². The highest BCUT2D eigenvalue weighted by Crippen LogP contribution is 2.32. The zero-order chi connectivity index (χ0) is 24.9. The summed E-state index contributed by atoms with van der Waals surface area (Å²) < 4.78 is 5.68. The fourth-order valence-corrected chi connectivity index (χ4v) is 4.48. The summed E-state index contributed by atoms with van der Waals surface area (Å²) in [6, 6.07) is 9.10. The summed E-state index contributed by atoms with van der Waals surface area (Å²) in [5.41, 5.74) is 3.65. The Morgan fingerprint density at radius 2 is 1.97 bits per heavy atom. The average Bonchev–Trinajstić information content (AvgIpc) is 2.92. The van der Waals surface area contributed by atoms with E-state index in [9.17, 15) is 4.79 Å². The number of benzene rings is 1. The van der Waals surface area contributed by atoms with E-state index >= 15 is 0 Å². The molecule has 1 fully saturated rings. The lowest BCUT2D eigenvalue weighted by Gasteiger charge is -2.38. The molecule has 0 aliphatic carbocycles. The number of nitrogens with one attached hydrogen (secondary N) is 2. The van der Waals surface area contributed by atoms with Crippen molar-refractivity contribution in [2.45, 2.75) is 25.9 Å². The quantitative estimate of drug-likeness (QED) is 0.474. The summed E-state index contributed by atoms with van der Waals surface area (Å²) in [5.74, 6) is 2.29. The van der Waals surface area contributed by atoms with Crippen LogP contribution in [0.5, 0.6) is 0 Å². The number of aliphatic hydroxyl groups excluding tert-OH is 1. The fraction of sp³-hybridized carbons (Fsp3) is 0.400. The number of aromatic nitrogens is 4. The maximum Gasteiger partial charge on any atom is 0.319 e. The highest BCUT2D eigenvalue weighted by Gasteiger charge is 2.29. The summed E-state index contributed by atoms with van der Waals surface area (Å²) in [4.78, 5) is 35.2. The van der Waals surface area contributed by atoms with E-state index in [0.29, 0.717) is 37.2 Å². The number of fused-ring (bicyclic) bond motifs is 1. The molecule has 2 aliphatic heterocycles. The molecule has 3 N–H and O–H groups in total. The Balaban J connectivity index is 1.45. The van der Waals surface area contributed by atoms with Gasteiger partial charge in [-0.25, -0.2) is 24.7 Å². The van der Waals surface area contributed by atoms with Crippen molar-refractivity contribution in [3.8, 4) is 11.4 Å². The number of nitrogens with zero attached hydrogens (tertiary/aromatic N) is 6. The van der Waals surface area contributed by atoms with E-state index in [4.69, 9.17) is 19.8 Å². The third-order valence-electron chi connectivity index (χ3n) is 6.31. The summed E-state index contributed by atoms with van der Waals surface area (Å²) in [5, 5.41) is 14.2. The highest BCUT2D eigenvalue weighted by atomic mass is 16.5. The third-order valence-corrected chi connectivity index (χ3v) is 6.31. The molecule has 1 saturated heterocycles. The van der Waals surface area contributed by atoms with Crippen LogP contribution in [0.3, 0.4) is 0 Å². The molecule has 2 amide bonds. The number of aliphatic hydroxyl groups is 1. The van der Waals surface area contributed by atoms with Crippen LogP contribution >= 0.6 is 0 Å². The summed E-state index contributed by atoms with van der Waals surface area (Å²) in [6.07, 6.45) is 4.29. The standard InChI is InChI=1S/C25H30N8O3/c1-17-16-36-14-12-33(17)23-20-15-32(24-26-8-2-9-27-24)11-7-21(20)30-22(31-23)18-3-5-19(6-4-18)29-25(35)28-10-13-34/h2-6,8-9,17,34H,7,10-16H2,1H3,(H2,28,29,35). The van der Waals surface area contributed by atoms with Gasteiger partial charge in [-0.15, -0.1) is 0 Å². The van der Waals surface area contributed by atoms with Crippen LogP contribution in [0.1, 0.15) is 18.2 Å². The molecule has 0 bridgehead atoms. The number of morpholine rings is 1. The summed E-state index contributed by atoms with van der Waals surface area (Å²) in [6.45, 7) is 5.73. The van der Waals surface area contributed by atoms with Crippen LogP contribution in [0.25, 0.3) is 11.4 Å². The van der Waals surface area contributed by atoms with Crippen LogP contribution in [0.4, 0.5) is 22.2 Å². The lowest BCUT2D eigenvalue weighted by atomic mass is 10.0. The molecule has 0 radical (unpaired) electrons. The minimum atomic E-state index is -0.364. The Morgan fingerprint density at radius 1 is 1.17 bits per heavy atom. The smallest absolute Gasteiger partial charge is 0.319 e. The first-order valence-electron chi connectivity index (χ1n) is 12.1. The summed E-state index contributed by atoms with van der Waals surface area (Å²) >= 11 is 0. The van der Waals surface area contributed by atoms with Crippen LogP contribution < -0.4 is 20.4 Å². The maximum atomic E-state index is 11.9. The van der Waals surface area contributed by atoms with Gasteiger partial charge in [-0.05, 0) is 37.3 Å². The van der Waals surface area contributed by atoms with Crippen molar-refractivity contribution in [3.63, 3.8) is 0 Å². The number of hydrogen-bond donors (Lipinski definition) is 3. The van der Waals surface area contributed by atoms with Crippen LogP contribution in [0, 0.1) is 0 Å². The van der Waals surface area contributed by atoms with Gasteiger partial charge < -0.3 is 30.3 Å². The van der Waals surface area contributed by atoms with E-state index in [2.05, 4.69) is 37.3 Å². The molecule has 11 heteroatoms. The number of rotatable bonds is 6. The van der Waals surface area contributed by atoms with Gasteiger partial charge >= 0.3 is 6.03 Å². The molecule has 188 valence electrons. The Morgan fingerprint density at radius 3 is 2.72 bits per heavy atom. The number of ether oxygens (including phenoxy) is 1. The van der Waals surface area contributed by atoms with E-state index in [0.717, 1.165) is 42.1 Å². The molecule has 0 spiro atoms. The molecular formula is C25H30N8O3. The normalized spacial score (nSPS) is 17.4. The first-order chi connectivity index (χ1) is 17.6. The summed E-state index contributed by atoms with van der Waals surface area (Å²) in [7, 11) is 0. The zero-order valence-electron chi connectivity index (χ0n) is 20.2. The zero-order valence-corrected chi connectivity index (χ0v) is 20.2. The van der Waals surface area contributed by atoms with E-state index in [1.165, 1.54) is 0 Å². The van der Waals surface area contributed by atoms with Gasteiger partial charge in [0.2, 0.25) is 5.95 Å². The largest absolute Gasteiger partial charge is 0.395 e. The number of hydrogen-bond acceptors (Lipinski definition) is 9. The van der Waals surface area contributed by atoms with Gasteiger partial charge in [0.05, 0.1) is 38.1 Å². The molecule has 1 unspecified atom stereocenters. The van der Waals surface area contributed by atoms with E-state index in [-0.39, 0.29) is 25.2 Å². The number of anilines is 3. The van der Waals surface area contributed by atoms with Gasteiger partial charge in [0.25, 0.3) is 0 Å². The Hall–Kier alpha value is -3.83. The second-order valence-electron chi connectivity index (χ2n) is 8.82. The predicted molar refractivity (Wildman–Crippen MR) is 136 cm³/mol. The van der Waals surface area contributed by atoms with E-state index in [1.807, 2.05) is 30.3 Å². The Labute approximate surface area is 209 Å². The molecule has 36 heavy (non-hydrogen) atoms. The Bertz CT molecular complexity index is 1190. The van der Waals surface area contributed by atoms with Crippen LogP contribution in [-0.2, 0) is 17.7 Å². The van der Waals surface area contributed by atoms with Crippen LogP contribution in [0.2, 0.25) is 0 Å². The lowest BCUT2D eigenvalue weighted by molar-refractivity contribution is 0.0984. The molecular weight excluding hydrogens is 460 g/mol. The van der Waals surface area contributed by atoms with Gasteiger partial charge in [0.15, 0.2) is 5.82 Å². The molecule has 1 aromatic carbocycles. The van der Waals surface area contributed by atoms with Crippen molar-refractivity contribution in [3.05, 3.63) is 54.0 Å². The number of carbonyl (C=O) groups is 1. The molecule has 1 atom stereocenters. The van der Waals surface area contributed by atoms with Gasteiger partial charge in [0, 0.05) is 55.3 Å². The lowest BCUT2D eigenvalue weighted by Crippen LogP contribution is -2.45. The first kappa shape index (κ1) is 23.9. The SMILES string of the molecule is CC1COCCN1c1nc(-c2ccc(NC(=O)NCCO)cc2)nc2c1CN(c1ncccn1)CC2. The second kappa shape index (κ2) is 10.8. The van der Waals surface area contributed by atoms with E-state index < -0.39 is 0 Å². The fourth-order valence-electron chi connectivity index (χ4n) is 4.48. The van der Waals surface area contributed by atoms with Gasteiger partial charge in [0.1, 0.15) is 5.82 Å². The molecule has 4 heterocycles. The molecule has 0 saturated carbocycles. The highest BCUT2D eigenvalue weighted by molar-refractivity contribution is 5.89. The minimum Gasteiger partial charge on any atom is -0.395 e. The van der Waals surface area contributed by atoms with Crippen molar-refractivity contribution in [2.24, 2.45) is 0 Å². The van der Waals surface area contributed by atoms with Crippen molar-refractivity contribution in [1.82, 2.24) is 25.3 Å². The molecule has 2 aliphatic rings. The molecule has 2 aromatic heterocycles. The molecule has 5 rings (SSSR count). The number of urea groups is 1. The monoisotopic (exact) mass is 490 g/mol. The number of amides is 2. The van der Waals surface area contributed by atoms with Crippen molar-refractivity contribution in [2.75, 3.05) is 54.6 Å². The Kier molecular flexibility index (Phi) is 7.19. The first-order valence-corrected chi connectivity index (χ1v) is 12.1.